The van der Waals surface area contributed by atoms with Gasteiger partial charge in [0, 0.05) is 6.54 Å². The first kappa shape index (κ1) is 15.6. The highest BCUT2D eigenvalue weighted by atomic mass is 16.2. The van der Waals surface area contributed by atoms with Gasteiger partial charge in [-0.25, -0.2) is 0 Å². The fraction of sp³-hybridized carbons (Fsp3) is 0.0588. The Kier molecular flexibility index (Phi) is 4.17. The van der Waals surface area contributed by atoms with E-state index in [2.05, 4.69) is 16.1 Å². The van der Waals surface area contributed by atoms with Crippen LogP contribution in [0.3, 0.4) is 0 Å². The number of para-hydroxylation sites is 1. The van der Waals surface area contributed by atoms with Crippen LogP contribution in [0.15, 0.2) is 58.1 Å². The zero-order chi connectivity index (χ0) is 17.1. The number of hydrogen-bond donors (Lipinski definition) is 5. The second-order valence-electron chi connectivity index (χ2n) is 5.29. The summed E-state index contributed by atoms with van der Waals surface area (Å²) in [4.78, 5) is 23.7. The van der Waals surface area contributed by atoms with Crippen molar-refractivity contribution in [2.45, 2.75) is 6.54 Å². The molecule has 0 saturated carbocycles. The van der Waals surface area contributed by atoms with Crippen molar-refractivity contribution in [3.63, 3.8) is 0 Å². The summed E-state index contributed by atoms with van der Waals surface area (Å²) in [5.41, 5.74) is 10.1. The predicted molar refractivity (Wildman–Crippen MR) is 97.1 cm³/mol. The van der Waals surface area contributed by atoms with Crippen LogP contribution in [0.5, 0.6) is 0 Å². The van der Waals surface area contributed by atoms with Gasteiger partial charge >= 0.3 is 0 Å². The van der Waals surface area contributed by atoms with Crippen LogP contribution in [-0.2, 0) is 6.54 Å². The Labute approximate surface area is 138 Å². The summed E-state index contributed by atoms with van der Waals surface area (Å²) in [6.45, 7) is 0.444. The Balaban J connectivity index is 1.83. The van der Waals surface area contributed by atoms with E-state index in [0.29, 0.717) is 23.6 Å². The lowest BCUT2D eigenvalue weighted by Crippen LogP contribution is -2.36. The number of anilines is 5. The van der Waals surface area contributed by atoms with E-state index in [1.165, 1.54) is 0 Å². The zero-order valence-electron chi connectivity index (χ0n) is 12.8. The molecule has 3 aromatic rings. The van der Waals surface area contributed by atoms with Gasteiger partial charge in [0.1, 0.15) is 11.4 Å². The first-order valence-electron chi connectivity index (χ1n) is 7.35. The maximum absolute atomic E-state index is 11.9. The van der Waals surface area contributed by atoms with Crippen LogP contribution in [0.1, 0.15) is 5.56 Å². The third-order valence-electron chi connectivity index (χ3n) is 3.72. The largest absolute Gasteiger partial charge is 0.397 e. The molecule has 0 heterocycles. The van der Waals surface area contributed by atoms with Gasteiger partial charge in [0.05, 0.1) is 17.1 Å². The number of hydrogen-bond acceptors (Lipinski definition) is 7. The van der Waals surface area contributed by atoms with Crippen LogP contribution in [-0.4, -0.2) is 0 Å². The van der Waals surface area contributed by atoms with Crippen LogP contribution in [0.25, 0.3) is 0 Å². The smallest absolute Gasteiger partial charge is 0.253 e. The number of rotatable bonds is 6. The minimum Gasteiger partial charge on any atom is -0.397 e. The molecule has 0 bridgehead atoms. The van der Waals surface area contributed by atoms with Gasteiger partial charge in [-0.15, -0.1) is 0 Å². The zero-order valence-corrected chi connectivity index (χ0v) is 12.8. The van der Waals surface area contributed by atoms with E-state index in [9.17, 15) is 9.59 Å². The summed E-state index contributed by atoms with van der Waals surface area (Å²) in [5.74, 6) is 5.46. The van der Waals surface area contributed by atoms with Crippen LogP contribution in [0, 0.1) is 0 Å². The molecule has 7 N–H and O–H groups in total. The Hall–Kier alpha value is -3.32. The van der Waals surface area contributed by atoms with E-state index in [1.807, 2.05) is 30.3 Å². The molecule has 24 heavy (non-hydrogen) atoms. The van der Waals surface area contributed by atoms with Crippen molar-refractivity contribution in [2.24, 2.45) is 5.84 Å². The van der Waals surface area contributed by atoms with E-state index in [-0.39, 0.29) is 11.4 Å². The standard InChI is InChI=1S/C17H17N5O2/c18-11-7-4-8-12(13(11)22-19)21-15-14(16(23)17(15)24)20-9-10-5-2-1-3-6-10/h1-8,20-22H,9,18-19H2. The average molecular weight is 323 g/mol. The second-order valence-corrected chi connectivity index (χ2v) is 5.29. The fourth-order valence-electron chi connectivity index (χ4n) is 2.44. The Morgan fingerprint density at radius 3 is 2.25 bits per heavy atom. The van der Waals surface area contributed by atoms with Crippen molar-refractivity contribution < 1.29 is 0 Å². The lowest BCUT2D eigenvalue weighted by molar-refractivity contribution is 1.13. The minimum atomic E-state index is -0.573. The van der Waals surface area contributed by atoms with E-state index in [4.69, 9.17) is 11.6 Å². The molecule has 0 aromatic heterocycles. The van der Waals surface area contributed by atoms with E-state index in [1.54, 1.807) is 18.2 Å². The van der Waals surface area contributed by atoms with Crippen molar-refractivity contribution in [3.05, 3.63) is 74.5 Å². The van der Waals surface area contributed by atoms with Gasteiger partial charge in [-0.3, -0.25) is 15.4 Å². The monoisotopic (exact) mass is 323 g/mol. The first-order chi connectivity index (χ1) is 11.6. The predicted octanol–water partition coefficient (Wildman–Crippen LogP) is 1.51. The van der Waals surface area contributed by atoms with Gasteiger partial charge < -0.3 is 21.8 Å². The molecular formula is C17H17N5O2. The minimum absolute atomic E-state index is 0.207. The lowest BCUT2D eigenvalue weighted by Gasteiger charge is -2.17. The van der Waals surface area contributed by atoms with Crippen molar-refractivity contribution in [1.82, 2.24) is 0 Å². The van der Waals surface area contributed by atoms with Gasteiger partial charge in [0.2, 0.25) is 0 Å². The Morgan fingerprint density at radius 2 is 1.54 bits per heavy atom. The molecular weight excluding hydrogens is 306 g/mol. The Bertz CT molecular complexity index is 930. The van der Waals surface area contributed by atoms with Gasteiger partial charge in [0.25, 0.3) is 10.9 Å². The maximum atomic E-state index is 11.9. The van der Waals surface area contributed by atoms with Gasteiger partial charge in [-0.05, 0) is 17.7 Å². The SMILES string of the molecule is NNc1c(N)cccc1Nc1c(NCc2ccccc2)c(=O)c1=O. The maximum Gasteiger partial charge on any atom is 0.253 e. The van der Waals surface area contributed by atoms with Crippen LogP contribution >= 0.6 is 0 Å². The second kappa shape index (κ2) is 6.43. The molecule has 0 radical (unpaired) electrons. The summed E-state index contributed by atoms with van der Waals surface area (Å²) in [5, 5.41) is 5.93. The van der Waals surface area contributed by atoms with E-state index in [0.717, 1.165) is 5.56 Å². The number of nitrogen functional groups attached to an aromatic ring is 2. The van der Waals surface area contributed by atoms with E-state index < -0.39 is 10.9 Å². The summed E-state index contributed by atoms with van der Waals surface area (Å²) < 4.78 is 0. The summed E-state index contributed by atoms with van der Waals surface area (Å²) in [6.07, 6.45) is 0. The molecule has 0 amide bonds. The summed E-state index contributed by atoms with van der Waals surface area (Å²) >= 11 is 0. The molecule has 3 aromatic carbocycles. The number of hydrazine groups is 1. The van der Waals surface area contributed by atoms with Gasteiger partial charge in [-0.2, -0.15) is 0 Å². The third kappa shape index (κ3) is 2.80. The van der Waals surface area contributed by atoms with Crippen LogP contribution < -0.4 is 38.5 Å². The van der Waals surface area contributed by atoms with Crippen molar-refractivity contribution in [2.75, 3.05) is 21.8 Å². The number of nitrogens with one attached hydrogen (secondary N) is 3. The van der Waals surface area contributed by atoms with Gasteiger partial charge in [0.15, 0.2) is 0 Å². The summed E-state index contributed by atoms with van der Waals surface area (Å²) in [6, 6.07) is 14.7. The summed E-state index contributed by atoms with van der Waals surface area (Å²) in [7, 11) is 0. The molecule has 7 nitrogen and oxygen atoms in total. The topological polar surface area (TPSA) is 122 Å². The molecule has 0 unspecified atom stereocenters. The molecule has 7 heteroatoms. The molecule has 0 aliphatic heterocycles. The van der Waals surface area contributed by atoms with Crippen molar-refractivity contribution in [3.8, 4) is 0 Å². The molecule has 0 fully saturated rings. The molecule has 0 aliphatic carbocycles. The molecule has 0 aliphatic rings. The highest BCUT2D eigenvalue weighted by Crippen LogP contribution is 2.31. The normalized spacial score (nSPS) is 10.5. The van der Waals surface area contributed by atoms with Gasteiger partial charge in [-0.1, -0.05) is 36.4 Å². The lowest BCUT2D eigenvalue weighted by atomic mass is 10.1. The quantitative estimate of drug-likeness (QED) is 0.202. The number of benzene rings is 2. The van der Waals surface area contributed by atoms with E-state index >= 15 is 0 Å². The molecule has 3 rings (SSSR count). The molecule has 0 spiro atoms. The fourth-order valence-corrected chi connectivity index (χ4v) is 2.44. The highest BCUT2D eigenvalue weighted by molar-refractivity contribution is 5.87. The van der Waals surface area contributed by atoms with Crippen LogP contribution in [0.2, 0.25) is 0 Å². The first-order valence-corrected chi connectivity index (χ1v) is 7.35. The highest BCUT2D eigenvalue weighted by Gasteiger charge is 2.21. The average Bonchev–Trinajstić information content (AvgIpc) is 2.61. The van der Waals surface area contributed by atoms with Crippen molar-refractivity contribution in [1.29, 1.82) is 0 Å². The molecule has 122 valence electrons. The molecule has 0 saturated heterocycles. The van der Waals surface area contributed by atoms with Crippen LogP contribution in [0.4, 0.5) is 28.4 Å². The molecule has 0 atom stereocenters. The van der Waals surface area contributed by atoms with Crippen molar-refractivity contribution >= 4 is 28.4 Å². The third-order valence-corrected chi connectivity index (χ3v) is 3.72. The number of nitrogens with two attached hydrogens (primary N) is 2. The Morgan fingerprint density at radius 1 is 0.833 bits per heavy atom.